The highest BCUT2D eigenvalue weighted by Gasteiger charge is 2.34. The molecule has 1 N–H and O–H groups in total. The quantitative estimate of drug-likeness (QED) is 0.771. The fraction of sp³-hybridized carbons (Fsp3) is 0.381. The molecule has 1 saturated heterocycles. The van der Waals surface area contributed by atoms with Crippen molar-refractivity contribution in [2.24, 2.45) is 0 Å². The Morgan fingerprint density at radius 3 is 2.33 bits per heavy atom. The lowest BCUT2D eigenvalue weighted by molar-refractivity contribution is -0.133. The maximum absolute atomic E-state index is 12.7. The van der Waals surface area contributed by atoms with E-state index < -0.39 is 22.2 Å². The number of nitrogens with one attached hydrogen (secondary N) is 1. The fourth-order valence-electron chi connectivity index (χ4n) is 3.41. The first kappa shape index (κ1) is 20.6. The van der Waals surface area contributed by atoms with Crippen LogP contribution in [0.25, 0.3) is 0 Å². The van der Waals surface area contributed by atoms with Crippen LogP contribution in [0.5, 0.6) is 11.5 Å². The number of amides is 1. The molecule has 0 aliphatic carbocycles. The van der Waals surface area contributed by atoms with E-state index in [1.165, 1.54) is 4.31 Å². The predicted molar refractivity (Wildman–Crippen MR) is 109 cm³/mol. The number of rotatable bonds is 5. The average Bonchev–Trinajstić information content (AvgIpc) is 2.78. The second kappa shape index (κ2) is 8.63. The van der Waals surface area contributed by atoms with Gasteiger partial charge in [-0.25, -0.2) is 8.42 Å². The SMILES string of the molecule is C[C@@H]1Oc2ccccc2O[C@H]1C(=O)NCc1ccc(S(=O)(=O)N2CCOCC2)cc1. The molecule has 160 valence electrons. The van der Waals surface area contributed by atoms with Crippen LogP contribution in [0.4, 0.5) is 0 Å². The maximum atomic E-state index is 12.7. The molecule has 1 amide bonds. The van der Waals surface area contributed by atoms with E-state index in [0.29, 0.717) is 37.8 Å². The molecule has 4 rings (SSSR count). The normalized spacial score (nSPS) is 21.8. The number of morpholine rings is 1. The van der Waals surface area contributed by atoms with Crippen LogP contribution in [0.3, 0.4) is 0 Å². The number of sulfonamides is 1. The minimum Gasteiger partial charge on any atom is -0.482 e. The highest BCUT2D eigenvalue weighted by molar-refractivity contribution is 7.89. The van der Waals surface area contributed by atoms with Gasteiger partial charge in [0.25, 0.3) is 5.91 Å². The first-order valence-electron chi connectivity index (χ1n) is 9.82. The summed E-state index contributed by atoms with van der Waals surface area (Å²) in [6.45, 7) is 3.55. The molecular weight excluding hydrogens is 408 g/mol. The fourth-order valence-corrected chi connectivity index (χ4v) is 4.82. The monoisotopic (exact) mass is 432 g/mol. The topological polar surface area (TPSA) is 94.2 Å². The molecule has 30 heavy (non-hydrogen) atoms. The Balaban J connectivity index is 1.37. The van der Waals surface area contributed by atoms with Crippen molar-refractivity contribution in [2.45, 2.75) is 30.6 Å². The summed E-state index contributed by atoms with van der Waals surface area (Å²) in [4.78, 5) is 12.8. The Kier molecular flexibility index (Phi) is 5.94. The Labute approximate surface area is 175 Å². The van der Waals surface area contributed by atoms with Crippen molar-refractivity contribution in [1.82, 2.24) is 9.62 Å². The molecule has 2 aromatic carbocycles. The van der Waals surface area contributed by atoms with Crippen LogP contribution in [0, 0.1) is 0 Å². The van der Waals surface area contributed by atoms with Gasteiger partial charge in [0.15, 0.2) is 11.5 Å². The van der Waals surface area contributed by atoms with Crippen LogP contribution >= 0.6 is 0 Å². The number of fused-ring (bicyclic) bond motifs is 1. The van der Waals surface area contributed by atoms with Crippen molar-refractivity contribution in [3.8, 4) is 11.5 Å². The van der Waals surface area contributed by atoms with E-state index in [9.17, 15) is 13.2 Å². The van der Waals surface area contributed by atoms with Crippen LogP contribution in [0.2, 0.25) is 0 Å². The van der Waals surface area contributed by atoms with E-state index in [2.05, 4.69) is 5.32 Å². The number of hydrogen-bond donors (Lipinski definition) is 1. The molecule has 0 radical (unpaired) electrons. The molecular formula is C21H24N2O6S. The maximum Gasteiger partial charge on any atom is 0.265 e. The first-order valence-corrected chi connectivity index (χ1v) is 11.3. The van der Waals surface area contributed by atoms with Crippen LogP contribution in [0.15, 0.2) is 53.4 Å². The second-order valence-corrected chi connectivity index (χ2v) is 9.12. The number of para-hydroxylation sites is 2. The van der Waals surface area contributed by atoms with Crippen LogP contribution in [0.1, 0.15) is 12.5 Å². The van der Waals surface area contributed by atoms with Gasteiger partial charge < -0.3 is 19.5 Å². The van der Waals surface area contributed by atoms with Gasteiger partial charge >= 0.3 is 0 Å². The van der Waals surface area contributed by atoms with Gasteiger partial charge in [0.05, 0.1) is 18.1 Å². The molecule has 0 unspecified atom stereocenters. The van der Waals surface area contributed by atoms with Crippen molar-refractivity contribution in [3.05, 3.63) is 54.1 Å². The van der Waals surface area contributed by atoms with E-state index >= 15 is 0 Å². The van der Waals surface area contributed by atoms with Gasteiger partial charge in [-0.1, -0.05) is 24.3 Å². The summed E-state index contributed by atoms with van der Waals surface area (Å²) >= 11 is 0. The number of carbonyl (C=O) groups is 1. The standard InChI is InChI=1S/C21H24N2O6S/c1-15-20(29-19-5-3-2-4-18(19)28-15)21(24)22-14-16-6-8-17(9-7-16)30(25,26)23-10-12-27-13-11-23/h2-9,15,20H,10-14H2,1H3,(H,22,24)/t15-,20+/m0/s1. The summed E-state index contributed by atoms with van der Waals surface area (Å²) < 4.78 is 43.6. The summed E-state index contributed by atoms with van der Waals surface area (Å²) in [6.07, 6.45) is -1.19. The third kappa shape index (κ3) is 4.28. The lowest BCUT2D eigenvalue weighted by Crippen LogP contribution is -2.48. The Morgan fingerprint density at radius 2 is 1.67 bits per heavy atom. The van der Waals surface area contributed by atoms with Gasteiger partial charge in [-0.15, -0.1) is 0 Å². The molecule has 2 heterocycles. The number of carbonyl (C=O) groups excluding carboxylic acids is 1. The molecule has 8 nitrogen and oxygen atoms in total. The van der Waals surface area contributed by atoms with E-state index in [0.717, 1.165) is 5.56 Å². The number of hydrogen-bond acceptors (Lipinski definition) is 6. The first-order chi connectivity index (χ1) is 14.4. The molecule has 9 heteroatoms. The zero-order valence-electron chi connectivity index (χ0n) is 16.6. The molecule has 2 aromatic rings. The van der Waals surface area contributed by atoms with Crippen LogP contribution < -0.4 is 14.8 Å². The Morgan fingerprint density at radius 1 is 1.03 bits per heavy atom. The number of ether oxygens (including phenoxy) is 3. The summed E-state index contributed by atoms with van der Waals surface area (Å²) in [6, 6.07) is 13.7. The summed E-state index contributed by atoms with van der Waals surface area (Å²) in [5.74, 6) is 0.863. The van der Waals surface area contributed by atoms with Gasteiger partial charge in [-0.2, -0.15) is 4.31 Å². The molecule has 2 aliphatic rings. The van der Waals surface area contributed by atoms with Crippen molar-refractivity contribution in [3.63, 3.8) is 0 Å². The molecule has 2 aliphatic heterocycles. The highest BCUT2D eigenvalue weighted by Crippen LogP contribution is 2.33. The Bertz CT molecular complexity index is 1000. The zero-order chi connectivity index (χ0) is 21.1. The average molecular weight is 432 g/mol. The molecule has 0 bridgehead atoms. The van der Waals surface area contributed by atoms with Gasteiger partial charge in [0, 0.05) is 19.6 Å². The molecule has 0 spiro atoms. The third-order valence-corrected chi connectivity index (χ3v) is 7.01. The second-order valence-electron chi connectivity index (χ2n) is 7.19. The minimum absolute atomic E-state index is 0.230. The lowest BCUT2D eigenvalue weighted by Gasteiger charge is -2.31. The molecule has 1 fully saturated rings. The summed E-state index contributed by atoms with van der Waals surface area (Å²) in [5.41, 5.74) is 0.786. The van der Waals surface area contributed by atoms with E-state index in [4.69, 9.17) is 14.2 Å². The lowest BCUT2D eigenvalue weighted by atomic mass is 10.1. The highest BCUT2D eigenvalue weighted by atomic mass is 32.2. The largest absolute Gasteiger partial charge is 0.482 e. The Hall–Kier alpha value is -2.62. The third-order valence-electron chi connectivity index (χ3n) is 5.10. The van der Waals surface area contributed by atoms with Gasteiger partial charge in [0.2, 0.25) is 16.1 Å². The molecule has 2 atom stereocenters. The molecule has 0 aromatic heterocycles. The van der Waals surface area contributed by atoms with Crippen molar-refractivity contribution in [2.75, 3.05) is 26.3 Å². The van der Waals surface area contributed by atoms with Crippen molar-refractivity contribution in [1.29, 1.82) is 0 Å². The van der Waals surface area contributed by atoms with E-state index in [1.807, 2.05) is 12.1 Å². The number of benzene rings is 2. The van der Waals surface area contributed by atoms with Crippen molar-refractivity contribution < 1.29 is 27.4 Å². The number of nitrogens with zero attached hydrogens (tertiary/aromatic N) is 1. The van der Waals surface area contributed by atoms with Gasteiger partial charge in [0.1, 0.15) is 6.10 Å². The van der Waals surface area contributed by atoms with E-state index in [1.54, 1.807) is 43.3 Å². The zero-order valence-corrected chi connectivity index (χ0v) is 17.4. The minimum atomic E-state index is -3.53. The smallest absolute Gasteiger partial charge is 0.265 e. The van der Waals surface area contributed by atoms with Crippen molar-refractivity contribution >= 4 is 15.9 Å². The van der Waals surface area contributed by atoms with E-state index in [-0.39, 0.29) is 17.3 Å². The van der Waals surface area contributed by atoms with Crippen LogP contribution in [-0.4, -0.2) is 57.1 Å². The summed E-state index contributed by atoms with van der Waals surface area (Å²) in [5, 5.41) is 2.83. The van der Waals surface area contributed by atoms with Gasteiger partial charge in [-0.05, 0) is 36.8 Å². The predicted octanol–water partition coefficient (Wildman–Crippen LogP) is 1.55. The molecule has 0 saturated carbocycles. The summed E-state index contributed by atoms with van der Waals surface area (Å²) in [7, 11) is -3.53. The van der Waals surface area contributed by atoms with Crippen LogP contribution in [-0.2, 0) is 26.1 Å². The van der Waals surface area contributed by atoms with Gasteiger partial charge in [-0.3, -0.25) is 4.79 Å².